The van der Waals surface area contributed by atoms with E-state index in [2.05, 4.69) is 31.4 Å². The van der Waals surface area contributed by atoms with Gasteiger partial charge in [-0.2, -0.15) is 0 Å². The van der Waals surface area contributed by atoms with E-state index < -0.39 is 32.5 Å². The van der Waals surface area contributed by atoms with Crippen molar-refractivity contribution in [2.75, 3.05) is 13.2 Å². The van der Waals surface area contributed by atoms with Crippen molar-refractivity contribution in [1.82, 2.24) is 0 Å². The second-order valence-electron chi connectivity index (χ2n) is 14.1. The Morgan fingerprint density at radius 1 is 0.620 bits per heavy atom. The van der Waals surface area contributed by atoms with Gasteiger partial charge in [0.15, 0.2) is 11.9 Å². The molecule has 292 valence electrons. The molecule has 10 heteroatoms. The van der Waals surface area contributed by atoms with Crippen LogP contribution in [0.25, 0.3) is 0 Å². The number of rotatable bonds is 36. The summed E-state index contributed by atoms with van der Waals surface area (Å²) in [5.41, 5.74) is 0. The fourth-order valence-electron chi connectivity index (χ4n) is 5.60. The fraction of sp³-hybridized carbons (Fsp3) is 0.825. The number of ether oxygens (including phenoxy) is 2. The Morgan fingerprint density at radius 2 is 1.12 bits per heavy atom. The van der Waals surface area contributed by atoms with Crippen LogP contribution < -0.4 is 0 Å². The number of phosphoric acid groups is 1. The molecule has 2 N–H and O–H groups in total. The lowest BCUT2D eigenvalue weighted by Crippen LogP contribution is -2.29. The Hall–Kier alpha value is -1.80. The van der Waals surface area contributed by atoms with Crippen LogP contribution in [0.1, 0.15) is 188 Å². The van der Waals surface area contributed by atoms with Crippen molar-refractivity contribution < 1.29 is 42.7 Å². The molecule has 0 fully saturated rings. The van der Waals surface area contributed by atoms with Gasteiger partial charge in [-0.05, 0) is 44.1 Å². The molecule has 0 unspecified atom stereocenters. The summed E-state index contributed by atoms with van der Waals surface area (Å²) >= 11 is 0. The zero-order chi connectivity index (χ0) is 37.1. The van der Waals surface area contributed by atoms with Crippen LogP contribution in [-0.4, -0.2) is 46.8 Å². The van der Waals surface area contributed by atoms with Crippen LogP contribution in [0.15, 0.2) is 24.3 Å². The second-order valence-corrected chi connectivity index (χ2v) is 15.4. The third kappa shape index (κ3) is 37.5. The Morgan fingerprint density at radius 3 is 1.64 bits per heavy atom. The fourth-order valence-corrected chi connectivity index (χ4v) is 5.96. The number of allylic oxidation sites excluding steroid dienone is 4. The molecule has 50 heavy (non-hydrogen) atoms. The normalized spacial score (nSPS) is 12.7. The van der Waals surface area contributed by atoms with Gasteiger partial charge < -0.3 is 19.3 Å². The molecule has 0 aliphatic heterocycles. The van der Waals surface area contributed by atoms with Crippen molar-refractivity contribution in [2.24, 2.45) is 5.92 Å². The average Bonchev–Trinajstić information content (AvgIpc) is 3.06. The van der Waals surface area contributed by atoms with E-state index in [4.69, 9.17) is 19.3 Å². The first kappa shape index (κ1) is 48.2. The van der Waals surface area contributed by atoms with Gasteiger partial charge in [0, 0.05) is 19.3 Å². The minimum absolute atomic E-state index is 0.112. The van der Waals surface area contributed by atoms with Gasteiger partial charge in [-0.1, -0.05) is 155 Å². The van der Waals surface area contributed by atoms with Crippen LogP contribution in [-0.2, 0) is 32.9 Å². The Labute approximate surface area is 305 Å². The van der Waals surface area contributed by atoms with E-state index in [9.17, 15) is 18.9 Å². The molecule has 0 saturated heterocycles. The molecule has 0 aromatic heterocycles. The number of hydrogen-bond acceptors (Lipinski definition) is 7. The Bertz CT molecular complexity index is 941. The molecule has 0 saturated carbocycles. The van der Waals surface area contributed by atoms with E-state index in [1.165, 1.54) is 83.5 Å². The first-order valence-corrected chi connectivity index (χ1v) is 21.5. The molecule has 0 aromatic carbocycles. The summed E-state index contributed by atoms with van der Waals surface area (Å²) in [7, 11) is -4.78. The van der Waals surface area contributed by atoms with Gasteiger partial charge in [0.25, 0.3) is 0 Å². The summed E-state index contributed by atoms with van der Waals surface area (Å²) in [4.78, 5) is 54.7. The van der Waals surface area contributed by atoms with E-state index in [0.29, 0.717) is 19.3 Å². The number of carbonyl (C=O) groups is 3. The van der Waals surface area contributed by atoms with Gasteiger partial charge >= 0.3 is 19.8 Å². The van der Waals surface area contributed by atoms with Crippen LogP contribution in [0.5, 0.6) is 0 Å². The van der Waals surface area contributed by atoms with E-state index in [1.54, 1.807) is 12.2 Å². The zero-order valence-electron chi connectivity index (χ0n) is 32.0. The Balaban J connectivity index is 4.01. The average molecular weight is 729 g/mol. The lowest BCUT2D eigenvalue weighted by molar-refractivity contribution is -0.161. The summed E-state index contributed by atoms with van der Waals surface area (Å²) in [5, 5.41) is 0. The molecule has 0 heterocycles. The maximum absolute atomic E-state index is 12.4. The van der Waals surface area contributed by atoms with E-state index >= 15 is 0 Å². The first-order chi connectivity index (χ1) is 24.0. The highest BCUT2D eigenvalue weighted by molar-refractivity contribution is 7.46. The summed E-state index contributed by atoms with van der Waals surface area (Å²) < 4.78 is 26.3. The predicted molar refractivity (Wildman–Crippen MR) is 203 cm³/mol. The minimum Gasteiger partial charge on any atom is -0.462 e. The van der Waals surface area contributed by atoms with Crippen LogP contribution in [0.4, 0.5) is 0 Å². The maximum atomic E-state index is 12.4. The number of hydrogen-bond donors (Lipinski definition) is 2. The monoisotopic (exact) mass is 728 g/mol. The van der Waals surface area contributed by atoms with Gasteiger partial charge in [-0.15, -0.1) is 0 Å². The molecule has 0 rings (SSSR count). The highest BCUT2D eigenvalue weighted by Crippen LogP contribution is 2.36. The zero-order valence-corrected chi connectivity index (χ0v) is 32.9. The summed E-state index contributed by atoms with van der Waals surface area (Å²) in [6, 6.07) is 0. The number of carbonyl (C=O) groups excluding carboxylic acids is 3. The molecule has 0 radical (unpaired) electrons. The van der Waals surface area contributed by atoms with Crippen molar-refractivity contribution in [1.29, 1.82) is 0 Å². The second kappa shape index (κ2) is 34.3. The van der Waals surface area contributed by atoms with Crippen molar-refractivity contribution in [3.63, 3.8) is 0 Å². The molecule has 0 spiro atoms. The molecule has 1 atom stereocenters. The SMILES string of the molecule is CCCCC/C=C\C=C\C(=O)CCCCCCCC(=O)O[C@H](COC(=O)CCCCCCCCCCCCCCCC(C)C)COP(=O)(O)O. The van der Waals surface area contributed by atoms with Crippen LogP contribution in [0.3, 0.4) is 0 Å². The molecule has 0 aromatic rings. The van der Waals surface area contributed by atoms with Crippen molar-refractivity contribution in [3.8, 4) is 0 Å². The van der Waals surface area contributed by atoms with Gasteiger partial charge in [-0.3, -0.25) is 18.9 Å². The largest absolute Gasteiger partial charge is 0.469 e. The smallest absolute Gasteiger partial charge is 0.462 e. The third-order valence-corrected chi connectivity index (χ3v) is 9.11. The highest BCUT2D eigenvalue weighted by Gasteiger charge is 2.23. The summed E-state index contributed by atoms with van der Waals surface area (Å²) in [5.74, 6) is -0.0415. The van der Waals surface area contributed by atoms with Crippen LogP contribution >= 0.6 is 7.82 Å². The first-order valence-electron chi connectivity index (χ1n) is 19.9. The van der Waals surface area contributed by atoms with Gasteiger partial charge in [0.1, 0.15) is 6.61 Å². The van der Waals surface area contributed by atoms with E-state index in [1.807, 2.05) is 6.08 Å². The minimum atomic E-state index is -4.78. The summed E-state index contributed by atoms with van der Waals surface area (Å²) in [6.07, 6.45) is 32.9. The maximum Gasteiger partial charge on any atom is 0.469 e. The third-order valence-electron chi connectivity index (χ3n) is 8.63. The molecule has 9 nitrogen and oxygen atoms in total. The highest BCUT2D eigenvalue weighted by atomic mass is 31.2. The van der Waals surface area contributed by atoms with Crippen molar-refractivity contribution >= 4 is 25.5 Å². The van der Waals surface area contributed by atoms with Gasteiger partial charge in [0.05, 0.1) is 6.61 Å². The van der Waals surface area contributed by atoms with Crippen LogP contribution in [0.2, 0.25) is 0 Å². The lowest BCUT2D eigenvalue weighted by atomic mass is 10.0. The molecular weight excluding hydrogens is 655 g/mol. The van der Waals surface area contributed by atoms with Crippen molar-refractivity contribution in [3.05, 3.63) is 24.3 Å². The molecule has 0 amide bonds. The van der Waals surface area contributed by atoms with Gasteiger partial charge in [0.2, 0.25) is 0 Å². The topological polar surface area (TPSA) is 136 Å². The van der Waals surface area contributed by atoms with Crippen LogP contribution in [0, 0.1) is 5.92 Å². The van der Waals surface area contributed by atoms with Crippen molar-refractivity contribution in [2.45, 2.75) is 194 Å². The lowest BCUT2D eigenvalue weighted by Gasteiger charge is -2.18. The molecule has 0 aliphatic rings. The molecule has 0 bridgehead atoms. The van der Waals surface area contributed by atoms with E-state index in [0.717, 1.165) is 57.3 Å². The Kier molecular flexibility index (Phi) is 33.1. The molecule has 0 aliphatic carbocycles. The molecular formula is C40H73O9P. The summed E-state index contributed by atoms with van der Waals surface area (Å²) in [6.45, 7) is 5.87. The standard InChI is InChI=1S/C40H73O9P/c1-4-5-6-7-15-20-25-30-37(41)31-26-21-18-23-28-33-40(43)49-38(35-48-50(44,45)46)34-47-39(42)32-27-22-17-14-12-10-8-9-11-13-16-19-24-29-36(2)3/h15,20,25,30,36,38H,4-14,16-19,21-24,26-29,31-35H2,1-3H3,(H2,44,45,46)/b20-15-,30-25+/t38-/m1/s1. The predicted octanol–water partition coefficient (Wildman–Crippen LogP) is 11.1. The van der Waals surface area contributed by atoms with E-state index in [-0.39, 0.29) is 25.2 Å². The quantitative estimate of drug-likeness (QED) is 0.0212. The number of ketones is 1. The number of esters is 2. The van der Waals surface area contributed by atoms with Gasteiger partial charge in [-0.25, -0.2) is 4.57 Å². The number of phosphoric ester groups is 1. The number of unbranched alkanes of at least 4 members (excludes halogenated alkanes) is 19.